The van der Waals surface area contributed by atoms with E-state index in [4.69, 9.17) is 14.6 Å². The van der Waals surface area contributed by atoms with E-state index >= 15 is 0 Å². The van der Waals surface area contributed by atoms with Gasteiger partial charge >= 0.3 is 0 Å². The van der Waals surface area contributed by atoms with Crippen LogP contribution >= 0.6 is 0 Å². The largest absolute Gasteiger partial charge is 0.392 e. The van der Waals surface area contributed by atoms with Crippen molar-refractivity contribution in [3.8, 4) is 0 Å². The Morgan fingerprint density at radius 2 is 1.86 bits per heavy atom. The number of benzene rings is 1. The second-order valence-electron chi connectivity index (χ2n) is 7.32. The fraction of sp³-hybridized carbons (Fsp3) is 0.667. The lowest BCUT2D eigenvalue weighted by atomic mass is 9.90. The number of aliphatic hydroxyl groups excluding tert-OH is 1. The molecule has 22 heavy (non-hydrogen) atoms. The molecule has 3 rings (SSSR count). The van der Waals surface area contributed by atoms with Gasteiger partial charge in [0.1, 0.15) is 5.60 Å². The maximum Gasteiger partial charge on any atom is 0.105 e. The molecular weight excluding hydrogens is 278 g/mol. The normalized spacial score (nSPS) is 28.9. The fourth-order valence-corrected chi connectivity index (χ4v) is 3.80. The molecule has 122 valence electrons. The van der Waals surface area contributed by atoms with E-state index < -0.39 is 0 Å². The maximum absolute atomic E-state index is 9.14. The number of ether oxygens (including phenoxy) is 2. The summed E-state index contributed by atoms with van der Waals surface area (Å²) in [6, 6.07) is 8.22. The first-order valence-electron chi connectivity index (χ1n) is 8.19. The Bertz CT molecular complexity index is 492. The van der Waals surface area contributed by atoms with Gasteiger partial charge in [0.05, 0.1) is 18.8 Å². The smallest absolute Gasteiger partial charge is 0.105 e. The van der Waals surface area contributed by atoms with E-state index in [0.29, 0.717) is 6.61 Å². The first-order chi connectivity index (χ1) is 10.5. The standard InChI is InChI=1S/C18H27NO3/c1-17(2)12-19(10-15-4-6-16(11-20)7-5-15)13-18(22-17)8-3-9-21-14-18/h4-7,20H,3,8-14H2,1-2H3. The summed E-state index contributed by atoms with van der Waals surface area (Å²) >= 11 is 0. The third-order valence-corrected chi connectivity index (χ3v) is 4.51. The monoisotopic (exact) mass is 305 g/mol. The van der Waals surface area contributed by atoms with Crippen LogP contribution in [0.15, 0.2) is 24.3 Å². The van der Waals surface area contributed by atoms with Crippen molar-refractivity contribution in [3.63, 3.8) is 0 Å². The third-order valence-electron chi connectivity index (χ3n) is 4.51. The summed E-state index contributed by atoms with van der Waals surface area (Å²) in [7, 11) is 0. The minimum Gasteiger partial charge on any atom is -0.392 e. The zero-order valence-corrected chi connectivity index (χ0v) is 13.7. The zero-order chi connectivity index (χ0) is 15.6. The first kappa shape index (κ1) is 15.9. The van der Waals surface area contributed by atoms with Crippen molar-refractivity contribution < 1.29 is 14.6 Å². The topological polar surface area (TPSA) is 41.9 Å². The molecule has 2 saturated heterocycles. The Hall–Kier alpha value is -0.940. The highest BCUT2D eigenvalue weighted by atomic mass is 16.6. The van der Waals surface area contributed by atoms with Gasteiger partial charge in [0, 0.05) is 26.2 Å². The molecule has 1 N–H and O–H groups in total. The van der Waals surface area contributed by atoms with E-state index in [1.54, 1.807) is 0 Å². The molecule has 0 amide bonds. The average Bonchev–Trinajstić information content (AvgIpc) is 2.47. The Labute approximate surface area is 133 Å². The molecule has 2 heterocycles. The van der Waals surface area contributed by atoms with E-state index in [9.17, 15) is 0 Å². The SMILES string of the molecule is CC1(C)CN(Cc2ccc(CO)cc2)CC2(CCCOC2)O1. The van der Waals surface area contributed by atoms with Gasteiger partial charge < -0.3 is 14.6 Å². The van der Waals surface area contributed by atoms with Crippen LogP contribution in [0, 0.1) is 0 Å². The zero-order valence-electron chi connectivity index (χ0n) is 13.7. The number of hydrogen-bond donors (Lipinski definition) is 1. The predicted octanol–water partition coefficient (Wildman–Crippen LogP) is 2.34. The van der Waals surface area contributed by atoms with Gasteiger partial charge in [0.15, 0.2) is 0 Å². The van der Waals surface area contributed by atoms with Crippen LogP contribution in [0.4, 0.5) is 0 Å². The molecular formula is C18H27NO3. The maximum atomic E-state index is 9.14. The fourth-order valence-electron chi connectivity index (χ4n) is 3.80. The quantitative estimate of drug-likeness (QED) is 0.931. The van der Waals surface area contributed by atoms with Crippen molar-refractivity contribution in [1.29, 1.82) is 0 Å². The molecule has 2 fully saturated rings. The van der Waals surface area contributed by atoms with Gasteiger partial charge in [-0.25, -0.2) is 0 Å². The molecule has 0 radical (unpaired) electrons. The minimum absolute atomic E-state index is 0.102. The van der Waals surface area contributed by atoms with Gasteiger partial charge in [-0.3, -0.25) is 4.90 Å². The molecule has 1 unspecified atom stereocenters. The molecule has 4 nitrogen and oxygen atoms in total. The van der Waals surface area contributed by atoms with Gasteiger partial charge in [-0.05, 0) is 37.8 Å². The number of nitrogens with zero attached hydrogens (tertiary/aromatic N) is 1. The van der Waals surface area contributed by atoms with Crippen LogP contribution in [-0.4, -0.2) is 47.5 Å². The van der Waals surface area contributed by atoms with Gasteiger partial charge in [0.2, 0.25) is 0 Å². The van der Waals surface area contributed by atoms with Crippen molar-refractivity contribution in [1.82, 2.24) is 4.90 Å². The van der Waals surface area contributed by atoms with Gasteiger partial charge in [-0.15, -0.1) is 0 Å². The summed E-state index contributed by atoms with van der Waals surface area (Å²) in [5.41, 5.74) is 1.94. The molecule has 1 aromatic rings. The van der Waals surface area contributed by atoms with E-state index in [2.05, 4.69) is 30.9 Å². The summed E-state index contributed by atoms with van der Waals surface area (Å²) in [4.78, 5) is 2.48. The van der Waals surface area contributed by atoms with Crippen molar-refractivity contribution in [2.45, 2.75) is 51.0 Å². The van der Waals surface area contributed by atoms with E-state index in [-0.39, 0.29) is 17.8 Å². The van der Waals surface area contributed by atoms with Crippen LogP contribution in [0.25, 0.3) is 0 Å². The lowest BCUT2D eigenvalue weighted by Gasteiger charge is -2.51. The molecule has 0 bridgehead atoms. The summed E-state index contributed by atoms with van der Waals surface area (Å²) in [6.45, 7) is 8.78. The van der Waals surface area contributed by atoms with Crippen LogP contribution in [0.5, 0.6) is 0 Å². The van der Waals surface area contributed by atoms with Crippen molar-refractivity contribution in [2.24, 2.45) is 0 Å². The Kier molecular flexibility index (Phi) is 4.55. The Morgan fingerprint density at radius 3 is 2.50 bits per heavy atom. The van der Waals surface area contributed by atoms with Crippen molar-refractivity contribution >= 4 is 0 Å². The molecule has 0 aromatic heterocycles. The molecule has 1 aromatic carbocycles. The van der Waals surface area contributed by atoms with Gasteiger partial charge in [-0.2, -0.15) is 0 Å². The average molecular weight is 305 g/mol. The third kappa shape index (κ3) is 3.69. The van der Waals surface area contributed by atoms with Gasteiger partial charge in [0.25, 0.3) is 0 Å². The number of morpholine rings is 1. The summed E-state index contributed by atoms with van der Waals surface area (Å²) in [6.07, 6.45) is 2.16. The number of aliphatic hydroxyl groups is 1. The van der Waals surface area contributed by atoms with E-state index in [1.807, 2.05) is 12.1 Å². The highest BCUT2D eigenvalue weighted by Crippen LogP contribution is 2.35. The number of hydrogen-bond acceptors (Lipinski definition) is 4. The number of rotatable bonds is 3. The highest BCUT2D eigenvalue weighted by Gasteiger charge is 2.45. The molecule has 4 heteroatoms. The summed E-state index contributed by atoms with van der Waals surface area (Å²) in [5, 5.41) is 9.14. The van der Waals surface area contributed by atoms with Crippen LogP contribution < -0.4 is 0 Å². The summed E-state index contributed by atoms with van der Waals surface area (Å²) < 4.78 is 12.1. The van der Waals surface area contributed by atoms with Crippen LogP contribution in [-0.2, 0) is 22.6 Å². The van der Waals surface area contributed by atoms with E-state index in [1.165, 1.54) is 5.56 Å². The lowest BCUT2D eigenvalue weighted by Crippen LogP contribution is -2.62. The van der Waals surface area contributed by atoms with Gasteiger partial charge in [-0.1, -0.05) is 24.3 Å². The van der Waals surface area contributed by atoms with Crippen molar-refractivity contribution in [2.75, 3.05) is 26.3 Å². The highest BCUT2D eigenvalue weighted by molar-refractivity contribution is 5.22. The van der Waals surface area contributed by atoms with Crippen LogP contribution in [0.1, 0.15) is 37.8 Å². The molecule has 2 aliphatic heterocycles. The predicted molar refractivity (Wildman–Crippen MR) is 85.6 cm³/mol. The molecule has 0 saturated carbocycles. The van der Waals surface area contributed by atoms with Crippen LogP contribution in [0.2, 0.25) is 0 Å². The van der Waals surface area contributed by atoms with E-state index in [0.717, 1.165) is 44.6 Å². The summed E-state index contributed by atoms with van der Waals surface area (Å²) in [5.74, 6) is 0. The molecule has 1 spiro atoms. The first-order valence-corrected chi connectivity index (χ1v) is 8.19. The van der Waals surface area contributed by atoms with Crippen molar-refractivity contribution in [3.05, 3.63) is 35.4 Å². The van der Waals surface area contributed by atoms with Crippen LogP contribution in [0.3, 0.4) is 0 Å². The Balaban J connectivity index is 1.71. The second-order valence-corrected chi connectivity index (χ2v) is 7.32. The molecule has 2 aliphatic rings. The minimum atomic E-state index is -0.149. The molecule has 0 aliphatic carbocycles. The Morgan fingerprint density at radius 1 is 1.14 bits per heavy atom. The second kappa shape index (κ2) is 6.28. The lowest BCUT2D eigenvalue weighted by molar-refractivity contribution is -0.234. The molecule has 1 atom stereocenters.